The Morgan fingerprint density at radius 1 is 1.33 bits per heavy atom. The first-order valence-corrected chi connectivity index (χ1v) is 7.01. The van der Waals surface area contributed by atoms with Crippen molar-refractivity contribution < 1.29 is 0 Å². The summed E-state index contributed by atoms with van der Waals surface area (Å²) in [4.78, 5) is 2.58. The highest BCUT2D eigenvalue weighted by Crippen LogP contribution is 2.21. The molecule has 0 bridgehead atoms. The molecule has 96 valence electrons. The lowest BCUT2D eigenvalue weighted by Gasteiger charge is -2.28. The molecule has 0 aliphatic carbocycles. The zero-order chi connectivity index (χ0) is 12.4. The lowest BCUT2D eigenvalue weighted by atomic mass is 9.95. The summed E-state index contributed by atoms with van der Waals surface area (Å²) in [6.45, 7) is 7.89. The summed E-state index contributed by atoms with van der Waals surface area (Å²) in [5.74, 6) is 0. The Labute approximate surface area is 110 Å². The van der Waals surface area contributed by atoms with Crippen molar-refractivity contribution in [3.63, 3.8) is 0 Å². The lowest BCUT2D eigenvalue weighted by molar-refractivity contribution is 0.281. The van der Waals surface area contributed by atoms with E-state index in [-0.39, 0.29) is 0 Å². The molecular formula is C16H22N2. The van der Waals surface area contributed by atoms with Crippen molar-refractivity contribution in [2.75, 3.05) is 19.6 Å². The molecule has 0 amide bonds. The summed E-state index contributed by atoms with van der Waals surface area (Å²) >= 11 is 0. The molecule has 18 heavy (non-hydrogen) atoms. The Bertz CT molecular complexity index is 462. The van der Waals surface area contributed by atoms with Crippen LogP contribution < -0.4 is 5.32 Å². The Kier molecular flexibility index (Phi) is 3.48. The van der Waals surface area contributed by atoms with Crippen molar-refractivity contribution in [1.29, 1.82) is 0 Å². The smallest absolute Gasteiger partial charge is 0.0240 e. The predicted octanol–water partition coefficient (Wildman–Crippen LogP) is 2.48. The molecule has 0 saturated carbocycles. The van der Waals surface area contributed by atoms with Crippen molar-refractivity contribution >= 4 is 0 Å². The predicted molar refractivity (Wildman–Crippen MR) is 75.5 cm³/mol. The van der Waals surface area contributed by atoms with E-state index in [9.17, 15) is 0 Å². The number of hydrogen-bond donors (Lipinski definition) is 1. The zero-order valence-electron chi connectivity index (χ0n) is 11.2. The molecule has 0 aromatic heterocycles. The molecule has 0 spiro atoms. The summed E-state index contributed by atoms with van der Waals surface area (Å²) in [7, 11) is 0. The minimum Gasteiger partial charge on any atom is -0.312 e. The Hall–Kier alpha value is -1.12. The fourth-order valence-corrected chi connectivity index (χ4v) is 3.12. The van der Waals surface area contributed by atoms with Gasteiger partial charge >= 0.3 is 0 Å². The highest BCUT2D eigenvalue weighted by Gasteiger charge is 2.16. The Morgan fingerprint density at radius 3 is 3.17 bits per heavy atom. The van der Waals surface area contributed by atoms with E-state index in [0.717, 1.165) is 26.2 Å². The van der Waals surface area contributed by atoms with E-state index in [0.29, 0.717) is 0 Å². The van der Waals surface area contributed by atoms with Crippen LogP contribution in [0.15, 0.2) is 29.8 Å². The summed E-state index contributed by atoms with van der Waals surface area (Å²) in [6.07, 6.45) is 4.78. The molecule has 0 radical (unpaired) electrons. The molecule has 0 atom stereocenters. The van der Waals surface area contributed by atoms with Gasteiger partial charge in [-0.2, -0.15) is 0 Å². The van der Waals surface area contributed by atoms with E-state index in [1.807, 2.05) is 0 Å². The molecule has 1 aromatic rings. The standard InChI is InChI=1S/C16H22N2/c1-13-4-3-9-18(11-13)12-15-6-2-5-14-10-17-8-7-16(14)15/h2,4-6,17H,3,7-12H2,1H3. The molecule has 1 aromatic carbocycles. The molecule has 2 aliphatic rings. The highest BCUT2D eigenvalue weighted by atomic mass is 15.1. The van der Waals surface area contributed by atoms with Gasteiger partial charge in [-0.15, -0.1) is 0 Å². The van der Waals surface area contributed by atoms with Gasteiger partial charge in [-0.1, -0.05) is 29.8 Å². The van der Waals surface area contributed by atoms with Crippen molar-refractivity contribution in [2.24, 2.45) is 0 Å². The van der Waals surface area contributed by atoms with Crippen LogP contribution in [-0.4, -0.2) is 24.5 Å². The van der Waals surface area contributed by atoms with Gasteiger partial charge in [0.25, 0.3) is 0 Å². The highest BCUT2D eigenvalue weighted by molar-refractivity contribution is 5.37. The van der Waals surface area contributed by atoms with Crippen LogP contribution >= 0.6 is 0 Å². The van der Waals surface area contributed by atoms with Crippen molar-refractivity contribution in [1.82, 2.24) is 10.2 Å². The SMILES string of the molecule is CC1=CCCN(Cc2cccc3c2CCNC3)C1. The third kappa shape index (κ3) is 2.50. The Morgan fingerprint density at radius 2 is 2.28 bits per heavy atom. The molecule has 2 aliphatic heterocycles. The van der Waals surface area contributed by atoms with Crippen molar-refractivity contribution in [3.8, 4) is 0 Å². The second kappa shape index (κ2) is 5.25. The maximum absolute atomic E-state index is 3.46. The van der Waals surface area contributed by atoms with Gasteiger partial charge < -0.3 is 5.32 Å². The molecule has 1 N–H and O–H groups in total. The molecule has 0 fully saturated rings. The van der Waals surface area contributed by atoms with Gasteiger partial charge in [0.2, 0.25) is 0 Å². The number of fused-ring (bicyclic) bond motifs is 1. The first kappa shape index (κ1) is 11.9. The summed E-state index contributed by atoms with van der Waals surface area (Å²) in [5.41, 5.74) is 6.17. The van der Waals surface area contributed by atoms with Crippen molar-refractivity contribution in [3.05, 3.63) is 46.5 Å². The number of hydrogen-bond acceptors (Lipinski definition) is 2. The summed E-state index contributed by atoms with van der Waals surface area (Å²) < 4.78 is 0. The first-order valence-electron chi connectivity index (χ1n) is 7.01. The maximum atomic E-state index is 3.46. The van der Waals surface area contributed by atoms with Gasteiger partial charge in [0, 0.05) is 26.2 Å². The summed E-state index contributed by atoms with van der Waals surface area (Å²) in [5, 5.41) is 3.46. The van der Waals surface area contributed by atoms with Crippen LogP contribution in [0, 0.1) is 0 Å². The topological polar surface area (TPSA) is 15.3 Å². The van der Waals surface area contributed by atoms with Gasteiger partial charge in [0.05, 0.1) is 0 Å². The molecular weight excluding hydrogens is 220 g/mol. The van der Waals surface area contributed by atoms with Crippen LogP contribution in [0.3, 0.4) is 0 Å². The number of nitrogens with one attached hydrogen (secondary N) is 1. The second-order valence-electron chi connectivity index (χ2n) is 5.53. The van der Waals surface area contributed by atoms with Gasteiger partial charge in [-0.3, -0.25) is 4.90 Å². The largest absolute Gasteiger partial charge is 0.312 e. The molecule has 0 unspecified atom stereocenters. The summed E-state index contributed by atoms with van der Waals surface area (Å²) in [6, 6.07) is 6.80. The molecule has 0 saturated heterocycles. The van der Waals surface area contributed by atoms with Crippen molar-refractivity contribution in [2.45, 2.75) is 32.9 Å². The van der Waals surface area contributed by atoms with Crippen LogP contribution in [0.4, 0.5) is 0 Å². The third-order valence-corrected chi connectivity index (χ3v) is 4.04. The van der Waals surface area contributed by atoms with Crippen LogP contribution in [0.25, 0.3) is 0 Å². The van der Waals surface area contributed by atoms with E-state index in [1.54, 1.807) is 11.1 Å². The number of nitrogens with zero attached hydrogens (tertiary/aromatic N) is 1. The lowest BCUT2D eigenvalue weighted by Crippen LogP contribution is -2.31. The maximum Gasteiger partial charge on any atom is 0.0240 e. The van der Waals surface area contributed by atoms with Gasteiger partial charge in [-0.25, -0.2) is 0 Å². The number of rotatable bonds is 2. The molecule has 2 heteroatoms. The van der Waals surface area contributed by atoms with Crippen LogP contribution in [0.5, 0.6) is 0 Å². The molecule has 2 nitrogen and oxygen atoms in total. The van der Waals surface area contributed by atoms with Gasteiger partial charge in [0.1, 0.15) is 0 Å². The average molecular weight is 242 g/mol. The first-order chi connectivity index (χ1) is 8.83. The van der Waals surface area contributed by atoms with E-state index < -0.39 is 0 Å². The quantitative estimate of drug-likeness (QED) is 0.802. The monoisotopic (exact) mass is 242 g/mol. The average Bonchev–Trinajstić information content (AvgIpc) is 2.39. The fourth-order valence-electron chi connectivity index (χ4n) is 3.12. The fraction of sp³-hybridized carbons (Fsp3) is 0.500. The van der Waals surface area contributed by atoms with Crippen LogP contribution in [-0.2, 0) is 19.5 Å². The third-order valence-electron chi connectivity index (χ3n) is 4.04. The van der Waals surface area contributed by atoms with Gasteiger partial charge in [0.15, 0.2) is 0 Å². The van der Waals surface area contributed by atoms with E-state index in [4.69, 9.17) is 0 Å². The number of benzene rings is 1. The molecule has 2 heterocycles. The zero-order valence-corrected chi connectivity index (χ0v) is 11.2. The van der Waals surface area contributed by atoms with E-state index >= 15 is 0 Å². The van der Waals surface area contributed by atoms with Crippen LogP contribution in [0.1, 0.15) is 30.0 Å². The van der Waals surface area contributed by atoms with E-state index in [1.165, 1.54) is 30.5 Å². The second-order valence-corrected chi connectivity index (χ2v) is 5.53. The minimum absolute atomic E-state index is 1.04. The normalized spacial score (nSPS) is 20.4. The molecule has 3 rings (SSSR count). The van der Waals surface area contributed by atoms with Crippen LogP contribution in [0.2, 0.25) is 0 Å². The van der Waals surface area contributed by atoms with Gasteiger partial charge in [-0.05, 0) is 43.0 Å². The Balaban J connectivity index is 1.78. The minimum atomic E-state index is 1.04. The van der Waals surface area contributed by atoms with E-state index in [2.05, 4.69) is 41.4 Å².